The van der Waals surface area contributed by atoms with E-state index in [1.54, 1.807) is 44.4 Å². The quantitative estimate of drug-likeness (QED) is 0.421. The van der Waals surface area contributed by atoms with Crippen molar-refractivity contribution in [1.82, 2.24) is 0 Å². The zero-order chi connectivity index (χ0) is 25.8. The smallest absolute Gasteiger partial charge is 0.338 e. The van der Waals surface area contributed by atoms with Crippen LogP contribution in [0.25, 0.3) is 10.8 Å². The van der Waals surface area contributed by atoms with Gasteiger partial charge in [0.05, 0.1) is 13.0 Å². The molecule has 0 aliphatic carbocycles. The lowest BCUT2D eigenvalue weighted by atomic mass is 9.97. The molecule has 1 aliphatic rings. The minimum Gasteiger partial charge on any atom is -0.497 e. The van der Waals surface area contributed by atoms with Gasteiger partial charge in [0.15, 0.2) is 6.10 Å². The molecule has 9 nitrogen and oxygen atoms in total. The second-order valence-corrected chi connectivity index (χ2v) is 8.62. The Morgan fingerprint density at radius 2 is 1.61 bits per heavy atom. The van der Waals surface area contributed by atoms with Crippen molar-refractivity contribution in [3.63, 3.8) is 0 Å². The van der Waals surface area contributed by atoms with E-state index in [-0.39, 0.29) is 6.61 Å². The molecule has 190 valence electrons. The lowest BCUT2D eigenvalue weighted by Crippen LogP contribution is -2.61. The Kier molecular flexibility index (Phi) is 7.85. The minimum absolute atomic E-state index is 0.0831. The molecule has 0 bridgehead atoms. The molecule has 1 saturated heterocycles. The number of benzene rings is 3. The average Bonchev–Trinajstić information content (AvgIpc) is 2.91. The number of aliphatic hydroxyl groups is 3. The first-order chi connectivity index (χ1) is 17.3. The van der Waals surface area contributed by atoms with Crippen molar-refractivity contribution in [2.24, 2.45) is 0 Å². The maximum atomic E-state index is 12.9. The SMILES string of the molecule is COc1ccc2cc([C@@H](C)C(=O)O[C@@H]3O[C@H](C(=O)OCc4ccccc4)[C@@H](O)[C@H](O)[C@H]3O)ccc2c1. The Balaban J connectivity index is 1.43. The third-order valence-electron chi connectivity index (χ3n) is 6.18. The van der Waals surface area contributed by atoms with Crippen molar-refractivity contribution in [3.8, 4) is 5.75 Å². The molecule has 3 aromatic rings. The number of rotatable bonds is 7. The van der Waals surface area contributed by atoms with Gasteiger partial charge in [0.25, 0.3) is 0 Å². The van der Waals surface area contributed by atoms with Gasteiger partial charge in [-0.05, 0) is 41.0 Å². The highest BCUT2D eigenvalue weighted by atomic mass is 16.7. The summed E-state index contributed by atoms with van der Waals surface area (Å²) >= 11 is 0. The van der Waals surface area contributed by atoms with Crippen LogP contribution < -0.4 is 4.74 Å². The van der Waals surface area contributed by atoms with E-state index in [1.807, 2.05) is 36.4 Å². The average molecular weight is 497 g/mol. The van der Waals surface area contributed by atoms with Crippen molar-refractivity contribution >= 4 is 22.7 Å². The monoisotopic (exact) mass is 496 g/mol. The summed E-state index contributed by atoms with van der Waals surface area (Å²) in [7, 11) is 1.58. The second-order valence-electron chi connectivity index (χ2n) is 8.62. The molecule has 9 heteroatoms. The molecule has 0 aromatic heterocycles. The van der Waals surface area contributed by atoms with E-state index in [0.29, 0.717) is 16.9 Å². The largest absolute Gasteiger partial charge is 0.497 e. The molecule has 3 aromatic carbocycles. The lowest BCUT2D eigenvalue weighted by molar-refractivity contribution is -0.288. The summed E-state index contributed by atoms with van der Waals surface area (Å²) in [5.41, 5.74) is 1.37. The van der Waals surface area contributed by atoms with Gasteiger partial charge in [0.1, 0.15) is 30.7 Å². The first-order valence-electron chi connectivity index (χ1n) is 11.5. The molecule has 3 N–H and O–H groups in total. The summed E-state index contributed by atoms with van der Waals surface area (Å²) in [5.74, 6) is -1.74. The Hall–Kier alpha value is -3.50. The molecule has 0 saturated carbocycles. The van der Waals surface area contributed by atoms with Gasteiger partial charge in [0.2, 0.25) is 6.29 Å². The molecule has 0 amide bonds. The maximum Gasteiger partial charge on any atom is 0.338 e. The minimum atomic E-state index is -1.79. The summed E-state index contributed by atoms with van der Waals surface area (Å²) in [6, 6.07) is 19.9. The first kappa shape index (κ1) is 25.6. The topological polar surface area (TPSA) is 132 Å². The number of hydrogen-bond acceptors (Lipinski definition) is 9. The van der Waals surface area contributed by atoms with E-state index >= 15 is 0 Å². The van der Waals surface area contributed by atoms with Gasteiger partial charge >= 0.3 is 11.9 Å². The maximum absolute atomic E-state index is 12.9. The van der Waals surface area contributed by atoms with Crippen molar-refractivity contribution in [2.45, 2.75) is 50.2 Å². The number of carbonyl (C=O) groups excluding carboxylic acids is 2. The Morgan fingerprint density at radius 1 is 0.917 bits per heavy atom. The van der Waals surface area contributed by atoms with E-state index in [4.69, 9.17) is 18.9 Å². The summed E-state index contributed by atoms with van der Waals surface area (Å²) in [6.45, 7) is 1.54. The van der Waals surface area contributed by atoms with Crippen LogP contribution >= 0.6 is 0 Å². The zero-order valence-electron chi connectivity index (χ0n) is 19.8. The zero-order valence-corrected chi connectivity index (χ0v) is 19.8. The highest BCUT2D eigenvalue weighted by Crippen LogP contribution is 2.28. The third kappa shape index (κ3) is 5.50. The van der Waals surface area contributed by atoms with E-state index in [1.165, 1.54) is 0 Å². The molecule has 0 unspecified atom stereocenters. The van der Waals surface area contributed by atoms with Gasteiger partial charge < -0.3 is 34.3 Å². The summed E-state index contributed by atoms with van der Waals surface area (Å²) in [4.78, 5) is 25.4. The van der Waals surface area contributed by atoms with Crippen molar-refractivity contribution < 1.29 is 43.9 Å². The van der Waals surface area contributed by atoms with Gasteiger partial charge in [-0.2, -0.15) is 0 Å². The van der Waals surface area contributed by atoms with Crippen LogP contribution in [0.2, 0.25) is 0 Å². The van der Waals surface area contributed by atoms with Crippen LogP contribution in [0.15, 0.2) is 66.7 Å². The molecule has 1 aliphatic heterocycles. The van der Waals surface area contributed by atoms with Crippen LogP contribution in [-0.4, -0.2) is 65.1 Å². The van der Waals surface area contributed by atoms with Crippen LogP contribution in [0.3, 0.4) is 0 Å². The standard InChI is InChI=1S/C27H28O9/c1-15(17-8-9-19-13-20(33-2)11-10-18(19)12-17)25(31)36-27-23(30)21(28)22(29)24(35-27)26(32)34-14-16-6-4-3-5-7-16/h3-13,15,21-24,27-30H,14H2,1-2H3/t15-,21+,22+,23-,24+,27+/m1/s1. The fourth-order valence-corrected chi connectivity index (χ4v) is 3.94. The second kappa shape index (κ2) is 11.0. The highest BCUT2D eigenvalue weighted by molar-refractivity contribution is 5.87. The van der Waals surface area contributed by atoms with Crippen LogP contribution in [-0.2, 0) is 30.4 Å². The number of carbonyl (C=O) groups is 2. The summed E-state index contributed by atoms with van der Waals surface area (Å²) in [5, 5.41) is 32.7. The predicted octanol–water partition coefficient (Wildman–Crippen LogP) is 2.05. The van der Waals surface area contributed by atoms with E-state index < -0.39 is 48.6 Å². The molecule has 6 atom stereocenters. The fraction of sp³-hybridized carbons (Fsp3) is 0.333. The Morgan fingerprint density at radius 3 is 2.33 bits per heavy atom. The fourth-order valence-electron chi connectivity index (χ4n) is 3.94. The third-order valence-corrected chi connectivity index (χ3v) is 6.18. The van der Waals surface area contributed by atoms with Crippen LogP contribution in [0.5, 0.6) is 5.75 Å². The van der Waals surface area contributed by atoms with Crippen LogP contribution in [0, 0.1) is 0 Å². The van der Waals surface area contributed by atoms with E-state index in [2.05, 4.69) is 0 Å². The summed E-state index contributed by atoms with van der Waals surface area (Å²) in [6.07, 6.45) is -8.67. The van der Waals surface area contributed by atoms with Gasteiger partial charge in [0, 0.05) is 0 Å². The van der Waals surface area contributed by atoms with E-state index in [9.17, 15) is 24.9 Å². The molecular weight excluding hydrogens is 468 g/mol. The molecule has 4 rings (SSSR count). The molecule has 36 heavy (non-hydrogen) atoms. The Bertz CT molecular complexity index is 1210. The summed E-state index contributed by atoms with van der Waals surface area (Å²) < 4.78 is 21.1. The molecule has 0 spiro atoms. The number of hydrogen-bond donors (Lipinski definition) is 3. The van der Waals surface area contributed by atoms with Crippen molar-refractivity contribution in [3.05, 3.63) is 77.9 Å². The van der Waals surface area contributed by atoms with Crippen molar-refractivity contribution in [2.75, 3.05) is 7.11 Å². The Labute approximate surface area is 207 Å². The normalized spacial score (nSPS) is 24.6. The molecular formula is C27H28O9. The number of fused-ring (bicyclic) bond motifs is 1. The van der Waals surface area contributed by atoms with Crippen LogP contribution in [0.1, 0.15) is 24.0 Å². The van der Waals surface area contributed by atoms with Gasteiger partial charge in [-0.15, -0.1) is 0 Å². The van der Waals surface area contributed by atoms with E-state index in [0.717, 1.165) is 10.8 Å². The lowest BCUT2D eigenvalue weighted by Gasteiger charge is -2.38. The molecule has 1 heterocycles. The van der Waals surface area contributed by atoms with Crippen molar-refractivity contribution in [1.29, 1.82) is 0 Å². The van der Waals surface area contributed by atoms with Gasteiger partial charge in [-0.1, -0.05) is 54.6 Å². The highest BCUT2D eigenvalue weighted by Gasteiger charge is 2.49. The molecule has 1 fully saturated rings. The molecule has 0 radical (unpaired) electrons. The number of esters is 2. The van der Waals surface area contributed by atoms with Gasteiger partial charge in [-0.25, -0.2) is 4.79 Å². The van der Waals surface area contributed by atoms with Crippen LogP contribution in [0.4, 0.5) is 0 Å². The first-order valence-corrected chi connectivity index (χ1v) is 11.5. The van der Waals surface area contributed by atoms with Gasteiger partial charge in [-0.3, -0.25) is 4.79 Å². The number of aliphatic hydroxyl groups excluding tert-OH is 3. The number of ether oxygens (including phenoxy) is 4. The number of methoxy groups -OCH3 is 1. The predicted molar refractivity (Wildman–Crippen MR) is 128 cm³/mol.